The van der Waals surface area contributed by atoms with Crippen LogP contribution in [0.3, 0.4) is 0 Å². The second-order valence-electron chi connectivity index (χ2n) is 5.69. The summed E-state index contributed by atoms with van der Waals surface area (Å²) in [6, 6.07) is 2.29. The van der Waals surface area contributed by atoms with Gasteiger partial charge in [-0.05, 0) is 24.0 Å². The van der Waals surface area contributed by atoms with Crippen molar-refractivity contribution >= 4 is 33.3 Å². The molecule has 0 saturated heterocycles. The van der Waals surface area contributed by atoms with Crippen LogP contribution in [0.4, 0.5) is 10.1 Å². The van der Waals surface area contributed by atoms with Crippen LogP contribution in [-0.2, 0) is 10.0 Å². The normalized spacial score (nSPS) is 25.2. The van der Waals surface area contributed by atoms with E-state index in [-0.39, 0.29) is 33.0 Å². The molecule has 1 aromatic rings. The molecule has 0 amide bonds. The van der Waals surface area contributed by atoms with E-state index in [1.807, 2.05) is 0 Å². The van der Waals surface area contributed by atoms with Gasteiger partial charge in [-0.15, -0.1) is 4.40 Å². The van der Waals surface area contributed by atoms with Crippen LogP contribution in [0.25, 0.3) is 0 Å². The molecule has 1 aliphatic carbocycles. The number of benzene rings is 1. The summed E-state index contributed by atoms with van der Waals surface area (Å²) in [4.78, 5) is -0.208. The number of hydrogen-bond acceptors (Lipinski definition) is 4. The standard InChI is InChI=1S/C12H13ClFN3O2S/c1-12(2)5-10(12)16-11-15-8-3-6(13)7(14)4-9(8)20(18,19)17-11/h3-4,10H,5H2,1-2H3,(H2,15,16,17)/t10-/m0/s1. The lowest BCUT2D eigenvalue weighted by Crippen LogP contribution is -2.37. The second-order valence-corrected chi connectivity index (χ2v) is 7.67. The molecular weight excluding hydrogens is 305 g/mol. The van der Waals surface area contributed by atoms with E-state index in [0.717, 1.165) is 12.5 Å². The maximum Gasteiger partial charge on any atom is 0.287 e. The predicted molar refractivity (Wildman–Crippen MR) is 75.0 cm³/mol. The largest absolute Gasteiger partial charge is 0.352 e. The molecule has 1 heterocycles. The summed E-state index contributed by atoms with van der Waals surface area (Å²) in [6.07, 6.45) is 0.935. The fraction of sp³-hybridized carbons (Fsp3) is 0.417. The van der Waals surface area contributed by atoms with Crippen LogP contribution in [0.5, 0.6) is 0 Å². The van der Waals surface area contributed by atoms with E-state index in [0.29, 0.717) is 0 Å². The highest BCUT2D eigenvalue weighted by molar-refractivity contribution is 7.90. The van der Waals surface area contributed by atoms with Crippen molar-refractivity contribution in [1.82, 2.24) is 5.32 Å². The zero-order valence-corrected chi connectivity index (χ0v) is 12.4. The third kappa shape index (κ3) is 2.25. The average Bonchev–Trinajstić information content (AvgIpc) is 2.88. The van der Waals surface area contributed by atoms with Crippen LogP contribution >= 0.6 is 11.6 Å². The Morgan fingerprint density at radius 2 is 2.15 bits per heavy atom. The summed E-state index contributed by atoms with van der Waals surface area (Å²) < 4.78 is 41.1. The number of sulfonamides is 1. The van der Waals surface area contributed by atoms with Gasteiger partial charge in [-0.25, -0.2) is 4.39 Å². The molecule has 0 radical (unpaired) electrons. The van der Waals surface area contributed by atoms with E-state index in [2.05, 4.69) is 28.9 Å². The van der Waals surface area contributed by atoms with Gasteiger partial charge in [0, 0.05) is 6.04 Å². The summed E-state index contributed by atoms with van der Waals surface area (Å²) in [6.45, 7) is 4.14. The Labute approximate surface area is 121 Å². The van der Waals surface area contributed by atoms with E-state index < -0.39 is 15.8 Å². The van der Waals surface area contributed by atoms with Gasteiger partial charge in [-0.1, -0.05) is 25.4 Å². The Kier molecular flexibility index (Phi) is 2.78. The number of hydrogen-bond donors (Lipinski definition) is 2. The maximum absolute atomic E-state index is 13.4. The molecule has 1 atom stereocenters. The minimum Gasteiger partial charge on any atom is -0.352 e. The van der Waals surface area contributed by atoms with E-state index in [1.165, 1.54) is 6.07 Å². The van der Waals surface area contributed by atoms with E-state index in [1.54, 1.807) is 0 Å². The molecule has 1 saturated carbocycles. The van der Waals surface area contributed by atoms with Crippen molar-refractivity contribution < 1.29 is 12.8 Å². The van der Waals surface area contributed by atoms with Crippen LogP contribution in [-0.4, -0.2) is 20.4 Å². The minimum atomic E-state index is -3.92. The van der Waals surface area contributed by atoms with Gasteiger partial charge in [-0.3, -0.25) is 0 Å². The number of guanidine groups is 1. The van der Waals surface area contributed by atoms with Crippen LogP contribution < -0.4 is 10.6 Å². The molecule has 1 aliphatic heterocycles. The third-order valence-electron chi connectivity index (χ3n) is 3.59. The summed E-state index contributed by atoms with van der Waals surface area (Å²) in [5, 5.41) is 5.74. The Balaban J connectivity index is 1.96. The molecule has 20 heavy (non-hydrogen) atoms. The van der Waals surface area contributed by atoms with Crippen molar-refractivity contribution in [3.05, 3.63) is 23.0 Å². The fourth-order valence-electron chi connectivity index (χ4n) is 2.10. The van der Waals surface area contributed by atoms with Crippen LogP contribution in [0.1, 0.15) is 20.3 Å². The molecule has 2 N–H and O–H groups in total. The van der Waals surface area contributed by atoms with Gasteiger partial charge in [0.2, 0.25) is 5.96 Å². The minimum absolute atomic E-state index is 0.120. The molecule has 3 rings (SSSR count). The molecule has 1 aromatic carbocycles. The van der Waals surface area contributed by atoms with Crippen molar-refractivity contribution in [2.75, 3.05) is 5.32 Å². The van der Waals surface area contributed by atoms with Gasteiger partial charge < -0.3 is 10.6 Å². The number of halogens is 2. The second kappa shape index (κ2) is 4.08. The first-order chi connectivity index (χ1) is 9.19. The molecule has 0 aromatic heterocycles. The van der Waals surface area contributed by atoms with Gasteiger partial charge in [0.25, 0.3) is 10.0 Å². The van der Waals surface area contributed by atoms with Crippen molar-refractivity contribution in [2.24, 2.45) is 9.81 Å². The Hall–Kier alpha value is -1.34. The molecular formula is C12H13ClFN3O2S. The van der Waals surface area contributed by atoms with Crippen LogP contribution in [0, 0.1) is 11.2 Å². The lowest BCUT2D eigenvalue weighted by Gasteiger charge is -2.20. The third-order valence-corrected chi connectivity index (χ3v) is 5.20. The van der Waals surface area contributed by atoms with Gasteiger partial charge in [0.05, 0.1) is 10.7 Å². The first-order valence-electron chi connectivity index (χ1n) is 6.07. The molecule has 0 bridgehead atoms. The van der Waals surface area contributed by atoms with Crippen molar-refractivity contribution in [2.45, 2.75) is 31.2 Å². The van der Waals surface area contributed by atoms with E-state index in [9.17, 15) is 12.8 Å². The molecule has 0 unspecified atom stereocenters. The van der Waals surface area contributed by atoms with E-state index >= 15 is 0 Å². The zero-order valence-electron chi connectivity index (χ0n) is 10.9. The van der Waals surface area contributed by atoms with Gasteiger partial charge >= 0.3 is 0 Å². The topological polar surface area (TPSA) is 70.6 Å². The Bertz CT molecular complexity index is 730. The molecule has 1 fully saturated rings. The molecule has 108 valence electrons. The predicted octanol–water partition coefficient (Wildman–Crippen LogP) is 2.34. The lowest BCUT2D eigenvalue weighted by molar-refractivity contribution is 0.586. The van der Waals surface area contributed by atoms with Crippen LogP contribution in [0.15, 0.2) is 21.4 Å². The highest BCUT2D eigenvalue weighted by Crippen LogP contribution is 2.44. The molecule has 0 spiro atoms. The molecule has 2 aliphatic rings. The Morgan fingerprint density at radius 1 is 1.50 bits per heavy atom. The first-order valence-corrected chi connectivity index (χ1v) is 7.88. The zero-order chi connectivity index (χ0) is 14.7. The number of nitrogens with zero attached hydrogens (tertiary/aromatic N) is 1. The highest BCUT2D eigenvalue weighted by atomic mass is 35.5. The van der Waals surface area contributed by atoms with Crippen molar-refractivity contribution in [3.8, 4) is 0 Å². The first kappa shape index (κ1) is 13.6. The smallest absolute Gasteiger partial charge is 0.287 e. The average molecular weight is 318 g/mol. The summed E-state index contributed by atoms with van der Waals surface area (Å²) in [7, 11) is -3.92. The maximum atomic E-state index is 13.4. The van der Waals surface area contributed by atoms with Crippen molar-refractivity contribution in [3.63, 3.8) is 0 Å². The van der Waals surface area contributed by atoms with Gasteiger partial charge in [-0.2, -0.15) is 8.42 Å². The van der Waals surface area contributed by atoms with Gasteiger partial charge in [0.1, 0.15) is 10.7 Å². The Morgan fingerprint density at radius 3 is 2.75 bits per heavy atom. The quantitative estimate of drug-likeness (QED) is 0.834. The SMILES string of the molecule is CC1(C)C[C@@H]1NC1=NS(=O)(=O)c2cc(F)c(Cl)cc2N1. The van der Waals surface area contributed by atoms with Gasteiger partial charge in [0.15, 0.2) is 0 Å². The molecule has 8 heteroatoms. The summed E-state index contributed by atoms with van der Waals surface area (Å²) in [5.74, 6) is -0.638. The number of nitrogens with one attached hydrogen (secondary N) is 2. The number of rotatable bonds is 1. The van der Waals surface area contributed by atoms with Crippen molar-refractivity contribution in [1.29, 1.82) is 0 Å². The van der Waals surface area contributed by atoms with E-state index in [4.69, 9.17) is 11.6 Å². The number of anilines is 1. The summed E-state index contributed by atoms with van der Waals surface area (Å²) >= 11 is 5.68. The monoisotopic (exact) mass is 317 g/mol. The fourth-order valence-corrected chi connectivity index (χ4v) is 3.34. The summed E-state index contributed by atoms with van der Waals surface area (Å²) in [5.41, 5.74) is 0.349. The van der Waals surface area contributed by atoms with Crippen LogP contribution in [0.2, 0.25) is 5.02 Å². The molecule has 5 nitrogen and oxygen atoms in total. The number of fused-ring (bicyclic) bond motifs is 1. The lowest BCUT2D eigenvalue weighted by atomic mass is 10.2. The highest BCUT2D eigenvalue weighted by Gasteiger charge is 2.46.